The van der Waals surface area contributed by atoms with Crippen LogP contribution in [0.5, 0.6) is 0 Å². The van der Waals surface area contributed by atoms with Gasteiger partial charge in [-0.3, -0.25) is 4.79 Å². The topological polar surface area (TPSA) is 55.8 Å². The fourth-order valence-corrected chi connectivity index (χ4v) is 3.29. The molecule has 0 amide bonds. The largest absolute Gasteiger partial charge is 0.457 e. The fourth-order valence-electron chi connectivity index (χ4n) is 3.29. The van der Waals surface area contributed by atoms with Crippen LogP contribution in [0.25, 0.3) is 0 Å². The number of carbonyl (C=O) groups is 1. The number of unbranched alkanes of at least 4 members (excludes halogenated alkanes) is 6. The molecule has 0 spiro atoms. The predicted molar refractivity (Wildman–Crippen MR) is 149 cm³/mol. The lowest BCUT2D eigenvalue weighted by molar-refractivity contribution is -0.154. The Hall–Kier alpha value is -1.91. The molecule has 35 heavy (non-hydrogen) atoms. The maximum Gasteiger partial charge on any atom is 0.306 e. The number of hydrogen-bond acceptors (Lipinski definition) is 4. The van der Waals surface area contributed by atoms with Crippen molar-refractivity contribution in [2.24, 2.45) is 0 Å². The molecular weight excluding hydrogens is 436 g/mol. The number of aliphatic hydroxyl groups is 1. The number of allylic oxidation sites excluding steroid dienone is 10. The Kier molecular flexibility index (Phi) is 26.8. The Morgan fingerprint density at radius 3 is 1.86 bits per heavy atom. The van der Waals surface area contributed by atoms with Gasteiger partial charge < -0.3 is 14.6 Å². The second kappa shape index (κ2) is 28.3. The van der Waals surface area contributed by atoms with E-state index in [9.17, 15) is 9.90 Å². The minimum Gasteiger partial charge on any atom is -0.457 e. The van der Waals surface area contributed by atoms with E-state index in [0.29, 0.717) is 13.0 Å². The van der Waals surface area contributed by atoms with Gasteiger partial charge in [0.15, 0.2) is 0 Å². The maximum absolute atomic E-state index is 11.7. The summed E-state index contributed by atoms with van der Waals surface area (Å²) in [6, 6.07) is 0. The zero-order valence-corrected chi connectivity index (χ0v) is 22.5. The van der Waals surface area contributed by atoms with Crippen molar-refractivity contribution in [3.8, 4) is 0 Å². The lowest BCUT2D eigenvalue weighted by atomic mass is 10.1. The molecule has 0 radical (unpaired) electrons. The number of rotatable bonds is 24. The first kappa shape index (κ1) is 33.1. The van der Waals surface area contributed by atoms with Crippen molar-refractivity contribution >= 4 is 5.97 Å². The summed E-state index contributed by atoms with van der Waals surface area (Å²) in [6.07, 6.45) is 35.9. The molecule has 1 N–H and O–H groups in total. The Balaban J connectivity index is 3.52. The molecule has 0 aliphatic heterocycles. The molecule has 0 fully saturated rings. The van der Waals surface area contributed by atoms with Crippen molar-refractivity contribution in [3.63, 3.8) is 0 Å². The molecule has 200 valence electrons. The van der Waals surface area contributed by atoms with Crippen LogP contribution in [0.1, 0.15) is 104 Å². The Morgan fingerprint density at radius 1 is 0.714 bits per heavy atom. The van der Waals surface area contributed by atoms with E-state index in [1.165, 1.54) is 12.8 Å². The third-order valence-electron chi connectivity index (χ3n) is 5.36. The summed E-state index contributed by atoms with van der Waals surface area (Å²) >= 11 is 0. The number of ether oxygens (including phenoxy) is 2. The third-order valence-corrected chi connectivity index (χ3v) is 5.36. The molecule has 0 aromatic heterocycles. The number of carbonyl (C=O) groups excluding carboxylic acids is 1. The molecule has 1 unspecified atom stereocenters. The van der Waals surface area contributed by atoms with Crippen molar-refractivity contribution in [3.05, 3.63) is 60.8 Å². The first-order valence-corrected chi connectivity index (χ1v) is 13.9. The minimum atomic E-state index is -0.542. The molecule has 0 saturated heterocycles. The van der Waals surface area contributed by atoms with Crippen molar-refractivity contribution in [1.29, 1.82) is 0 Å². The van der Waals surface area contributed by atoms with Crippen LogP contribution in [0.2, 0.25) is 0 Å². The maximum atomic E-state index is 11.7. The van der Waals surface area contributed by atoms with Crippen LogP contribution in [0.3, 0.4) is 0 Å². The minimum absolute atomic E-state index is 0.188. The van der Waals surface area contributed by atoms with Crippen LogP contribution in [-0.4, -0.2) is 37.0 Å². The molecule has 0 aliphatic rings. The van der Waals surface area contributed by atoms with Crippen molar-refractivity contribution in [1.82, 2.24) is 0 Å². The number of hydrogen-bond donors (Lipinski definition) is 1. The van der Waals surface area contributed by atoms with E-state index in [1.54, 1.807) is 0 Å². The molecular formula is C31H52O4. The summed E-state index contributed by atoms with van der Waals surface area (Å²) < 4.78 is 10.8. The second-order valence-electron chi connectivity index (χ2n) is 8.74. The Bertz CT molecular complexity index is 601. The molecule has 0 heterocycles. The van der Waals surface area contributed by atoms with E-state index in [0.717, 1.165) is 70.6 Å². The van der Waals surface area contributed by atoms with Crippen LogP contribution < -0.4 is 0 Å². The quantitative estimate of drug-likeness (QED) is 0.0845. The van der Waals surface area contributed by atoms with Crippen LogP contribution in [-0.2, 0) is 14.3 Å². The molecule has 0 bridgehead atoms. The molecule has 0 aromatic rings. The van der Waals surface area contributed by atoms with Gasteiger partial charge in [0, 0.05) is 13.0 Å². The zero-order chi connectivity index (χ0) is 25.7. The van der Waals surface area contributed by atoms with E-state index >= 15 is 0 Å². The van der Waals surface area contributed by atoms with Gasteiger partial charge in [0.05, 0.1) is 13.2 Å². The SMILES string of the molecule is CC/C=C\C/C=C\C/C=C\C/C=C\C/C=C\CCCCCCOCC(CO)OC(=O)CCCCC. The Morgan fingerprint density at radius 2 is 1.29 bits per heavy atom. The lowest BCUT2D eigenvalue weighted by Gasteiger charge is -2.15. The van der Waals surface area contributed by atoms with Crippen molar-refractivity contribution < 1.29 is 19.4 Å². The number of aliphatic hydroxyl groups excluding tert-OH is 1. The van der Waals surface area contributed by atoms with Gasteiger partial charge in [0.25, 0.3) is 0 Å². The zero-order valence-electron chi connectivity index (χ0n) is 22.5. The molecule has 0 aliphatic carbocycles. The molecule has 0 rings (SSSR count). The van der Waals surface area contributed by atoms with E-state index in [-0.39, 0.29) is 19.2 Å². The predicted octanol–water partition coefficient (Wildman–Crippen LogP) is 8.19. The molecule has 4 heteroatoms. The Labute approximate surface area is 215 Å². The summed E-state index contributed by atoms with van der Waals surface area (Å²) in [5, 5.41) is 9.34. The summed E-state index contributed by atoms with van der Waals surface area (Å²) in [6.45, 7) is 4.98. The van der Waals surface area contributed by atoms with E-state index in [2.05, 4.69) is 74.6 Å². The highest BCUT2D eigenvalue weighted by Gasteiger charge is 2.13. The van der Waals surface area contributed by atoms with E-state index < -0.39 is 6.10 Å². The highest BCUT2D eigenvalue weighted by molar-refractivity contribution is 5.69. The van der Waals surface area contributed by atoms with Gasteiger partial charge in [-0.25, -0.2) is 0 Å². The first-order valence-electron chi connectivity index (χ1n) is 13.9. The summed E-state index contributed by atoms with van der Waals surface area (Å²) in [5.74, 6) is -0.240. The molecule has 4 nitrogen and oxygen atoms in total. The molecule has 0 saturated carbocycles. The number of esters is 1. The summed E-state index contributed by atoms with van der Waals surface area (Å²) in [5.41, 5.74) is 0. The van der Waals surface area contributed by atoms with Gasteiger partial charge in [-0.2, -0.15) is 0 Å². The van der Waals surface area contributed by atoms with Crippen LogP contribution in [0.4, 0.5) is 0 Å². The lowest BCUT2D eigenvalue weighted by Crippen LogP contribution is -2.27. The van der Waals surface area contributed by atoms with Gasteiger partial charge >= 0.3 is 5.97 Å². The van der Waals surface area contributed by atoms with Crippen molar-refractivity contribution in [2.75, 3.05) is 19.8 Å². The normalized spacial score (nSPS) is 13.3. The highest BCUT2D eigenvalue weighted by atomic mass is 16.6. The van der Waals surface area contributed by atoms with Crippen LogP contribution in [0, 0.1) is 0 Å². The average molecular weight is 489 g/mol. The van der Waals surface area contributed by atoms with Crippen LogP contribution in [0.15, 0.2) is 60.8 Å². The molecule has 0 aromatic carbocycles. The van der Waals surface area contributed by atoms with Gasteiger partial charge in [0.2, 0.25) is 0 Å². The second-order valence-corrected chi connectivity index (χ2v) is 8.74. The van der Waals surface area contributed by atoms with E-state index in [1.807, 2.05) is 0 Å². The van der Waals surface area contributed by atoms with E-state index in [4.69, 9.17) is 9.47 Å². The van der Waals surface area contributed by atoms with Gasteiger partial charge in [-0.15, -0.1) is 0 Å². The monoisotopic (exact) mass is 488 g/mol. The van der Waals surface area contributed by atoms with Crippen LogP contribution >= 0.6 is 0 Å². The summed E-state index contributed by atoms with van der Waals surface area (Å²) in [7, 11) is 0. The highest BCUT2D eigenvalue weighted by Crippen LogP contribution is 2.06. The van der Waals surface area contributed by atoms with Gasteiger partial charge in [-0.05, 0) is 57.8 Å². The standard InChI is InChI=1S/C31H52O4/c1-3-5-7-8-9-10-11-12-13-14-15-16-17-18-19-20-21-22-23-25-27-34-29-30(28-32)35-31(33)26-24-6-4-2/h5,7,9-10,12-13,15-16,18-19,30,32H,3-4,6,8,11,14,17,20-29H2,1-2H3/b7-5-,10-9-,13-12-,16-15-,19-18-. The molecule has 1 atom stereocenters. The fraction of sp³-hybridized carbons (Fsp3) is 0.645. The smallest absolute Gasteiger partial charge is 0.306 e. The summed E-state index contributed by atoms with van der Waals surface area (Å²) in [4.78, 5) is 11.7. The third kappa shape index (κ3) is 26.5. The van der Waals surface area contributed by atoms with Crippen molar-refractivity contribution in [2.45, 2.75) is 110 Å². The van der Waals surface area contributed by atoms with Gasteiger partial charge in [0.1, 0.15) is 6.10 Å². The average Bonchev–Trinajstić information content (AvgIpc) is 2.86. The first-order chi connectivity index (χ1) is 17.2. The van der Waals surface area contributed by atoms with Gasteiger partial charge in [-0.1, -0.05) is 100 Å².